The fourth-order valence-electron chi connectivity index (χ4n) is 3.38. The number of carbonyl (C=O) groups excluding carboxylic acids is 2. The second-order valence-electron chi connectivity index (χ2n) is 6.64. The van der Waals surface area contributed by atoms with E-state index in [0.29, 0.717) is 4.91 Å². The Hall–Kier alpha value is -2.96. The van der Waals surface area contributed by atoms with Gasteiger partial charge in [-0.3, -0.25) is 9.69 Å². The molecular formula is C23H16NO3S2-. The summed E-state index contributed by atoms with van der Waals surface area (Å²) in [6.07, 6.45) is 1.91. The maximum Gasteiger partial charge on any atom is 0.266 e. The van der Waals surface area contributed by atoms with Crippen molar-refractivity contribution >= 4 is 57.0 Å². The van der Waals surface area contributed by atoms with Gasteiger partial charge in [-0.25, -0.2) is 0 Å². The Morgan fingerprint density at radius 3 is 2.48 bits per heavy atom. The van der Waals surface area contributed by atoms with E-state index in [1.807, 2.05) is 72.8 Å². The molecule has 0 aliphatic carbocycles. The lowest BCUT2D eigenvalue weighted by Gasteiger charge is -2.27. The highest BCUT2D eigenvalue weighted by Gasteiger charge is 2.37. The lowest BCUT2D eigenvalue weighted by atomic mass is 10.0. The molecule has 0 bridgehead atoms. The molecule has 1 atom stereocenters. The lowest BCUT2D eigenvalue weighted by molar-refractivity contribution is -0.310. The van der Waals surface area contributed by atoms with Gasteiger partial charge in [-0.2, -0.15) is 0 Å². The molecule has 1 aliphatic heterocycles. The molecule has 3 aromatic carbocycles. The predicted octanol–water partition coefficient (Wildman–Crippen LogP) is 3.40. The molecule has 1 aliphatic rings. The number of carboxylic acids is 1. The first-order valence-corrected chi connectivity index (χ1v) is 10.3. The molecule has 1 heterocycles. The second-order valence-corrected chi connectivity index (χ2v) is 8.32. The summed E-state index contributed by atoms with van der Waals surface area (Å²) < 4.78 is 0.228. The Labute approximate surface area is 177 Å². The summed E-state index contributed by atoms with van der Waals surface area (Å²) in [6, 6.07) is 21.7. The molecule has 1 fully saturated rings. The smallest absolute Gasteiger partial charge is 0.266 e. The zero-order chi connectivity index (χ0) is 20.4. The minimum absolute atomic E-state index is 0.136. The van der Waals surface area contributed by atoms with Crippen molar-refractivity contribution in [2.75, 3.05) is 0 Å². The third kappa shape index (κ3) is 3.95. The topological polar surface area (TPSA) is 60.4 Å². The molecular weight excluding hydrogens is 402 g/mol. The van der Waals surface area contributed by atoms with Gasteiger partial charge in [-0.15, -0.1) is 0 Å². The van der Waals surface area contributed by atoms with E-state index in [9.17, 15) is 14.7 Å². The van der Waals surface area contributed by atoms with E-state index in [2.05, 4.69) is 0 Å². The van der Waals surface area contributed by atoms with Crippen LogP contribution in [-0.2, 0) is 16.0 Å². The molecule has 6 heteroatoms. The van der Waals surface area contributed by atoms with E-state index >= 15 is 0 Å². The highest BCUT2D eigenvalue weighted by molar-refractivity contribution is 8.26. The van der Waals surface area contributed by atoms with Crippen molar-refractivity contribution in [3.8, 4) is 0 Å². The van der Waals surface area contributed by atoms with Crippen LogP contribution in [0.2, 0.25) is 0 Å². The van der Waals surface area contributed by atoms with Crippen LogP contribution >= 0.6 is 24.0 Å². The highest BCUT2D eigenvalue weighted by Crippen LogP contribution is 2.35. The minimum atomic E-state index is -1.32. The molecule has 0 radical (unpaired) electrons. The largest absolute Gasteiger partial charge is 0.548 e. The third-order valence-corrected chi connectivity index (χ3v) is 6.12. The van der Waals surface area contributed by atoms with E-state index < -0.39 is 17.9 Å². The average Bonchev–Trinajstić information content (AvgIpc) is 3.00. The molecule has 1 saturated heterocycles. The number of hydrogen-bond donors (Lipinski definition) is 0. The fraction of sp³-hybridized carbons (Fsp3) is 0.0870. The van der Waals surface area contributed by atoms with Gasteiger partial charge in [0, 0.05) is 0 Å². The van der Waals surface area contributed by atoms with Crippen molar-refractivity contribution in [1.29, 1.82) is 0 Å². The van der Waals surface area contributed by atoms with Crippen molar-refractivity contribution in [1.82, 2.24) is 4.90 Å². The maximum atomic E-state index is 13.1. The molecule has 0 aromatic heterocycles. The van der Waals surface area contributed by atoms with E-state index in [1.165, 1.54) is 4.90 Å². The van der Waals surface area contributed by atoms with Gasteiger partial charge in [0.05, 0.1) is 16.9 Å². The molecule has 0 spiro atoms. The Balaban J connectivity index is 1.67. The quantitative estimate of drug-likeness (QED) is 0.470. The molecule has 0 saturated carbocycles. The van der Waals surface area contributed by atoms with E-state index in [1.54, 1.807) is 6.08 Å². The number of amides is 1. The predicted molar refractivity (Wildman–Crippen MR) is 118 cm³/mol. The van der Waals surface area contributed by atoms with Crippen LogP contribution in [0.25, 0.3) is 16.8 Å². The van der Waals surface area contributed by atoms with Crippen LogP contribution in [-0.4, -0.2) is 27.1 Å². The van der Waals surface area contributed by atoms with Crippen LogP contribution in [0.3, 0.4) is 0 Å². The first kappa shape index (κ1) is 19.4. The van der Waals surface area contributed by atoms with Gasteiger partial charge >= 0.3 is 0 Å². The zero-order valence-electron chi connectivity index (χ0n) is 15.3. The summed E-state index contributed by atoms with van der Waals surface area (Å²) in [6.45, 7) is 0. The molecule has 144 valence electrons. The van der Waals surface area contributed by atoms with E-state index in [-0.39, 0.29) is 10.7 Å². The average molecular weight is 419 g/mol. The number of thiocarbonyl (C=S) groups is 1. The lowest BCUT2D eigenvalue weighted by Crippen LogP contribution is -2.51. The summed E-state index contributed by atoms with van der Waals surface area (Å²) in [5.74, 6) is -1.73. The van der Waals surface area contributed by atoms with Crippen LogP contribution in [0, 0.1) is 0 Å². The summed E-state index contributed by atoms with van der Waals surface area (Å²) in [7, 11) is 0. The van der Waals surface area contributed by atoms with Gasteiger partial charge in [0.25, 0.3) is 5.91 Å². The molecule has 29 heavy (non-hydrogen) atoms. The first-order chi connectivity index (χ1) is 14.0. The van der Waals surface area contributed by atoms with Gasteiger partial charge in [0.1, 0.15) is 4.32 Å². The second kappa shape index (κ2) is 8.19. The molecule has 1 amide bonds. The zero-order valence-corrected chi connectivity index (χ0v) is 16.9. The number of thioether (sulfide) groups is 1. The monoisotopic (exact) mass is 418 g/mol. The number of fused-ring (bicyclic) bond motifs is 1. The molecule has 4 nitrogen and oxygen atoms in total. The minimum Gasteiger partial charge on any atom is -0.548 e. The van der Waals surface area contributed by atoms with Gasteiger partial charge in [-0.05, 0) is 34.4 Å². The van der Waals surface area contributed by atoms with Gasteiger partial charge in [0.15, 0.2) is 0 Å². The first-order valence-electron chi connectivity index (χ1n) is 9.04. The Morgan fingerprint density at radius 1 is 1.03 bits per heavy atom. The molecule has 3 aromatic rings. The normalized spacial score (nSPS) is 16.6. The summed E-state index contributed by atoms with van der Waals surface area (Å²) in [5, 5.41) is 13.9. The molecule has 4 rings (SSSR count). The van der Waals surface area contributed by atoms with Crippen LogP contribution in [0.1, 0.15) is 11.1 Å². The maximum absolute atomic E-state index is 13.1. The number of carbonyl (C=O) groups is 2. The van der Waals surface area contributed by atoms with Crippen molar-refractivity contribution in [3.63, 3.8) is 0 Å². The van der Waals surface area contributed by atoms with Crippen molar-refractivity contribution in [2.45, 2.75) is 12.5 Å². The number of carboxylic acid groups (broad SMARTS) is 1. The van der Waals surface area contributed by atoms with Crippen molar-refractivity contribution in [2.24, 2.45) is 0 Å². The number of nitrogens with zero attached hydrogens (tertiary/aromatic N) is 1. The van der Waals surface area contributed by atoms with Gasteiger partial charge < -0.3 is 9.90 Å². The SMILES string of the molecule is O=C([O-])[C@H](Cc1ccccc1)N1C(=O)/C(=C/c2cccc3ccccc23)SC1=S. The standard InChI is InChI=1S/C23H17NO3S2/c25-21-20(14-17-11-6-10-16-9-4-5-12-18(16)17)29-23(28)24(21)19(22(26)27)13-15-7-2-1-3-8-15/h1-12,14,19H,13H2,(H,26,27)/p-1/b20-14-/t19-/m0/s1. The van der Waals surface area contributed by atoms with Crippen LogP contribution in [0.15, 0.2) is 77.7 Å². The summed E-state index contributed by atoms with van der Waals surface area (Å²) in [5.41, 5.74) is 1.69. The van der Waals surface area contributed by atoms with Crippen molar-refractivity contribution in [3.05, 3.63) is 88.8 Å². The van der Waals surface area contributed by atoms with Crippen LogP contribution < -0.4 is 5.11 Å². The Kier molecular flexibility index (Phi) is 5.47. The summed E-state index contributed by atoms with van der Waals surface area (Å²) in [4.78, 5) is 26.5. The third-order valence-electron chi connectivity index (χ3n) is 4.79. The van der Waals surface area contributed by atoms with Gasteiger partial charge in [-0.1, -0.05) is 96.8 Å². The van der Waals surface area contributed by atoms with E-state index in [4.69, 9.17) is 12.2 Å². The summed E-state index contributed by atoms with van der Waals surface area (Å²) >= 11 is 6.47. The number of hydrogen-bond acceptors (Lipinski definition) is 5. The van der Waals surface area contributed by atoms with E-state index in [0.717, 1.165) is 33.7 Å². The van der Waals surface area contributed by atoms with Gasteiger partial charge in [0.2, 0.25) is 0 Å². The Bertz CT molecular complexity index is 1140. The fourth-order valence-corrected chi connectivity index (χ4v) is 4.73. The Morgan fingerprint density at radius 2 is 1.72 bits per heavy atom. The van der Waals surface area contributed by atoms with Crippen LogP contribution in [0.4, 0.5) is 0 Å². The highest BCUT2D eigenvalue weighted by atomic mass is 32.2. The number of rotatable bonds is 5. The number of benzene rings is 3. The number of aliphatic carboxylic acids is 1. The van der Waals surface area contributed by atoms with Crippen LogP contribution in [0.5, 0.6) is 0 Å². The molecule has 0 N–H and O–H groups in total. The van der Waals surface area contributed by atoms with Crippen molar-refractivity contribution < 1.29 is 14.7 Å². The molecule has 0 unspecified atom stereocenters.